The molecule has 186 valence electrons. The summed E-state index contributed by atoms with van der Waals surface area (Å²) in [4.78, 5) is 17.8. The molecule has 1 heterocycles. The third-order valence-corrected chi connectivity index (χ3v) is 7.56. The number of aryl methyl sites for hydroxylation is 1. The fourth-order valence-electron chi connectivity index (χ4n) is 4.21. The maximum Gasteiger partial charge on any atom is 0.261 e. The molecule has 1 fully saturated rings. The molecule has 1 aliphatic rings. The van der Waals surface area contributed by atoms with Gasteiger partial charge in [0.2, 0.25) is 0 Å². The lowest BCUT2D eigenvalue weighted by atomic mass is 10.1. The SMILES string of the molecule is CCCCN(CC)C(=O)c1cc(NS(=O)(=O)c2ccc(CCC)cc2)ccc1N1CCNCC1. The van der Waals surface area contributed by atoms with Crippen LogP contribution in [-0.4, -0.2) is 58.5 Å². The van der Waals surface area contributed by atoms with E-state index in [1.165, 1.54) is 0 Å². The second kappa shape index (κ2) is 12.2. The maximum atomic E-state index is 13.5. The number of hydrogen-bond acceptors (Lipinski definition) is 5. The molecule has 1 aliphatic heterocycles. The molecular formula is C26H38N4O3S. The minimum atomic E-state index is -3.76. The number of rotatable bonds is 11. The first-order valence-electron chi connectivity index (χ1n) is 12.4. The highest BCUT2D eigenvalue weighted by atomic mass is 32.2. The summed E-state index contributed by atoms with van der Waals surface area (Å²) in [6, 6.07) is 12.3. The number of carbonyl (C=O) groups excluding carboxylic acids is 1. The molecule has 2 aromatic carbocycles. The Bertz CT molecular complexity index is 1050. The van der Waals surface area contributed by atoms with Crippen LogP contribution in [0.15, 0.2) is 47.4 Å². The summed E-state index contributed by atoms with van der Waals surface area (Å²) in [5, 5.41) is 3.34. The van der Waals surface area contributed by atoms with Gasteiger partial charge in [-0.3, -0.25) is 9.52 Å². The predicted molar refractivity (Wildman–Crippen MR) is 139 cm³/mol. The monoisotopic (exact) mass is 486 g/mol. The van der Waals surface area contributed by atoms with Crippen molar-refractivity contribution in [2.24, 2.45) is 0 Å². The van der Waals surface area contributed by atoms with Gasteiger partial charge < -0.3 is 15.1 Å². The highest BCUT2D eigenvalue weighted by Crippen LogP contribution is 2.28. The van der Waals surface area contributed by atoms with Crippen molar-refractivity contribution in [1.82, 2.24) is 10.2 Å². The van der Waals surface area contributed by atoms with Gasteiger partial charge in [0, 0.05) is 50.6 Å². The average molecular weight is 487 g/mol. The molecule has 2 N–H and O–H groups in total. The fourth-order valence-corrected chi connectivity index (χ4v) is 5.26. The number of sulfonamides is 1. The molecule has 2 aromatic rings. The van der Waals surface area contributed by atoms with Crippen LogP contribution in [0.3, 0.4) is 0 Å². The number of amides is 1. The van der Waals surface area contributed by atoms with E-state index in [9.17, 15) is 13.2 Å². The zero-order chi connectivity index (χ0) is 24.6. The topological polar surface area (TPSA) is 81.8 Å². The van der Waals surface area contributed by atoms with Crippen molar-refractivity contribution in [3.63, 3.8) is 0 Å². The van der Waals surface area contributed by atoms with Crippen molar-refractivity contribution >= 4 is 27.3 Å². The Labute approximate surface area is 204 Å². The smallest absolute Gasteiger partial charge is 0.261 e. The summed E-state index contributed by atoms with van der Waals surface area (Å²) >= 11 is 0. The van der Waals surface area contributed by atoms with Crippen LogP contribution in [-0.2, 0) is 16.4 Å². The number of benzene rings is 2. The van der Waals surface area contributed by atoms with Gasteiger partial charge >= 0.3 is 0 Å². The van der Waals surface area contributed by atoms with Gasteiger partial charge in [0.05, 0.1) is 10.5 Å². The van der Waals surface area contributed by atoms with E-state index in [2.05, 4.69) is 28.8 Å². The zero-order valence-corrected chi connectivity index (χ0v) is 21.5. The van der Waals surface area contributed by atoms with Gasteiger partial charge in [-0.15, -0.1) is 0 Å². The normalized spacial score (nSPS) is 14.1. The van der Waals surface area contributed by atoms with E-state index >= 15 is 0 Å². The standard InChI is InChI=1S/C26H38N4O3S/c1-4-7-17-29(6-3)26(31)24-20-22(11-14-25(24)30-18-15-27-16-19-30)28-34(32,33)23-12-9-21(8-5-2)10-13-23/h9-14,20,27-28H,4-8,15-19H2,1-3H3. The van der Waals surface area contributed by atoms with Crippen molar-refractivity contribution in [2.75, 3.05) is 48.9 Å². The quantitative estimate of drug-likeness (QED) is 0.500. The summed E-state index contributed by atoms with van der Waals surface area (Å²) in [5.74, 6) is -0.0607. The summed E-state index contributed by atoms with van der Waals surface area (Å²) < 4.78 is 28.8. The number of carbonyl (C=O) groups is 1. The number of anilines is 2. The van der Waals surface area contributed by atoms with Gasteiger partial charge in [0.1, 0.15) is 0 Å². The second-order valence-electron chi connectivity index (χ2n) is 8.71. The Hall–Kier alpha value is -2.58. The van der Waals surface area contributed by atoms with Crippen LogP contribution in [0.5, 0.6) is 0 Å². The van der Waals surface area contributed by atoms with Crippen molar-refractivity contribution in [2.45, 2.75) is 51.3 Å². The van der Waals surface area contributed by atoms with E-state index in [4.69, 9.17) is 0 Å². The van der Waals surface area contributed by atoms with Gasteiger partial charge in [-0.1, -0.05) is 38.8 Å². The van der Waals surface area contributed by atoms with Crippen molar-refractivity contribution < 1.29 is 13.2 Å². The van der Waals surface area contributed by atoms with Gasteiger partial charge in [0.25, 0.3) is 15.9 Å². The summed E-state index contributed by atoms with van der Waals surface area (Å²) in [6.07, 6.45) is 3.86. The van der Waals surface area contributed by atoms with E-state index in [0.717, 1.165) is 63.1 Å². The first-order chi connectivity index (χ1) is 16.4. The van der Waals surface area contributed by atoms with Crippen LogP contribution < -0.4 is 14.9 Å². The molecule has 0 spiro atoms. The van der Waals surface area contributed by atoms with Crippen LogP contribution in [0.25, 0.3) is 0 Å². The first-order valence-corrected chi connectivity index (χ1v) is 13.9. The van der Waals surface area contributed by atoms with Crippen LogP contribution in [0.2, 0.25) is 0 Å². The van der Waals surface area contributed by atoms with Crippen LogP contribution in [0.4, 0.5) is 11.4 Å². The molecule has 0 radical (unpaired) electrons. The molecule has 0 unspecified atom stereocenters. The maximum absolute atomic E-state index is 13.5. The number of piperazine rings is 1. The van der Waals surface area contributed by atoms with Crippen molar-refractivity contribution in [3.05, 3.63) is 53.6 Å². The van der Waals surface area contributed by atoms with Crippen LogP contribution in [0.1, 0.15) is 56.0 Å². The summed E-state index contributed by atoms with van der Waals surface area (Å²) in [5.41, 5.74) is 2.90. The van der Waals surface area contributed by atoms with Gasteiger partial charge in [0.15, 0.2) is 0 Å². The molecule has 0 aromatic heterocycles. The molecule has 34 heavy (non-hydrogen) atoms. The molecule has 1 amide bonds. The summed E-state index contributed by atoms with van der Waals surface area (Å²) in [7, 11) is -3.76. The van der Waals surface area contributed by atoms with Gasteiger partial charge in [-0.25, -0.2) is 8.42 Å². The van der Waals surface area contributed by atoms with Gasteiger partial charge in [-0.05, 0) is 55.7 Å². The van der Waals surface area contributed by atoms with E-state index in [0.29, 0.717) is 24.3 Å². The number of hydrogen-bond donors (Lipinski definition) is 2. The molecule has 7 nitrogen and oxygen atoms in total. The first kappa shape index (κ1) is 26.0. The van der Waals surface area contributed by atoms with E-state index in [1.54, 1.807) is 24.3 Å². The number of unbranched alkanes of at least 4 members (excludes halogenated alkanes) is 1. The minimum absolute atomic E-state index is 0.0607. The lowest BCUT2D eigenvalue weighted by Gasteiger charge is -2.32. The average Bonchev–Trinajstić information content (AvgIpc) is 2.85. The Morgan fingerprint density at radius 1 is 1.03 bits per heavy atom. The largest absolute Gasteiger partial charge is 0.368 e. The predicted octanol–water partition coefficient (Wildman–Crippen LogP) is 4.11. The van der Waals surface area contributed by atoms with Crippen molar-refractivity contribution in [1.29, 1.82) is 0 Å². The highest BCUT2D eigenvalue weighted by molar-refractivity contribution is 7.92. The van der Waals surface area contributed by atoms with Gasteiger partial charge in [-0.2, -0.15) is 0 Å². The molecule has 0 atom stereocenters. The Balaban J connectivity index is 1.92. The Kier molecular flexibility index (Phi) is 9.36. The Morgan fingerprint density at radius 2 is 1.74 bits per heavy atom. The van der Waals surface area contributed by atoms with Crippen LogP contribution in [0, 0.1) is 0 Å². The fraction of sp³-hybridized carbons (Fsp3) is 0.500. The van der Waals surface area contributed by atoms with Crippen LogP contribution >= 0.6 is 0 Å². The van der Waals surface area contributed by atoms with E-state index in [1.807, 2.05) is 30.0 Å². The molecule has 1 saturated heterocycles. The van der Waals surface area contributed by atoms with E-state index < -0.39 is 10.0 Å². The molecular weight excluding hydrogens is 448 g/mol. The molecule has 3 rings (SSSR count). The molecule has 8 heteroatoms. The zero-order valence-electron chi connectivity index (χ0n) is 20.6. The molecule has 0 saturated carbocycles. The minimum Gasteiger partial charge on any atom is -0.368 e. The third kappa shape index (κ3) is 6.51. The summed E-state index contributed by atoms with van der Waals surface area (Å²) in [6.45, 7) is 10.8. The third-order valence-electron chi connectivity index (χ3n) is 6.16. The molecule has 0 bridgehead atoms. The second-order valence-corrected chi connectivity index (χ2v) is 10.4. The molecule has 0 aliphatic carbocycles. The Morgan fingerprint density at radius 3 is 2.35 bits per heavy atom. The van der Waals surface area contributed by atoms with Crippen molar-refractivity contribution in [3.8, 4) is 0 Å². The van der Waals surface area contributed by atoms with E-state index in [-0.39, 0.29) is 10.8 Å². The highest BCUT2D eigenvalue weighted by Gasteiger charge is 2.23. The number of nitrogens with zero attached hydrogens (tertiary/aromatic N) is 2. The lowest BCUT2D eigenvalue weighted by Crippen LogP contribution is -2.44. The number of nitrogens with one attached hydrogen (secondary N) is 2. The lowest BCUT2D eigenvalue weighted by molar-refractivity contribution is 0.0763.